The summed E-state index contributed by atoms with van der Waals surface area (Å²) in [6.07, 6.45) is 1.33. The number of nitrogens with zero attached hydrogens (tertiary/aromatic N) is 2. The maximum Gasteiger partial charge on any atom is 0.237 e. The second-order valence-corrected chi connectivity index (χ2v) is 20.1. The van der Waals surface area contributed by atoms with E-state index in [-0.39, 0.29) is 125 Å². The Kier molecular flexibility index (Phi) is 43.6. The summed E-state index contributed by atoms with van der Waals surface area (Å²) in [4.78, 5) is 50.7. The second-order valence-electron chi connectivity index (χ2n) is 20.1. The lowest BCUT2D eigenvalue weighted by molar-refractivity contribution is -0.124. The van der Waals surface area contributed by atoms with Crippen molar-refractivity contribution in [1.29, 1.82) is 0 Å². The Hall–Kier alpha value is -8.08. The van der Waals surface area contributed by atoms with Gasteiger partial charge in [0.2, 0.25) is 23.6 Å². The SMILES string of the molecule is C.C.C.C.C.C.C.C.CC(OCCOc1ccccc1)Oc1ccc(N2C(=O)C(C)C(C)C2=O)cc1.CC1C(=O)N(c2ccc(O)cc2)C(=O)C1C.CCC(C)c1ccc(O)c(OC)c1.CCC(C)c1ccc(OC(C)OCCOc2ccccc2)c(OC)c1. The number of hydrogen-bond acceptors (Lipinski definition) is 14. The normalized spacial score (nSPS) is 16.3. The first kappa shape index (κ1) is 88.3. The van der Waals surface area contributed by atoms with Crippen molar-refractivity contribution in [2.75, 3.05) is 50.4 Å². The third kappa shape index (κ3) is 25.4. The maximum atomic E-state index is 12.3. The van der Waals surface area contributed by atoms with E-state index in [1.54, 1.807) is 91.3 Å². The van der Waals surface area contributed by atoms with Gasteiger partial charge in [-0.1, -0.05) is 163 Å². The van der Waals surface area contributed by atoms with E-state index >= 15 is 0 Å². The fraction of sp³-hybridized carbons (Fsp3) is 0.459. The summed E-state index contributed by atoms with van der Waals surface area (Å²) in [6, 6.07) is 43.7. The minimum absolute atomic E-state index is 0. The van der Waals surface area contributed by atoms with E-state index < -0.39 is 6.29 Å². The van der Waals surface area contributed by atoms with Crippen LogP contribution in [0.25, 0.3) is 0 Å². The first-order chi connectivity index (χ1) is 39.3. The molecule has 8 rings (SSSR count). The molecule has 2 N–H and O–H groups in total. The van der Waals surface area contributed by atoms with Gasteiger partial charge in [0.1, 0.15) is 36.2 Å². The van der Waals surface area contributed by atoms with Gasteiger partial charge in [0.25, 0.3) is 0 Å². The second kappa shape index (κ2) is 44.4. The van der Waals surface area contributed by atoms with Gasteiger partial charge in [-0.25, -0.2) is 0 Å². The third-order valence-corrected chi connectivity index (χ3v) is 14.4. The van der Waals surface area contributed by atoms with Gasteiger partial charge < -0.3 is 48.1 Å². The average molecular weight is 1260 g/mol. The highest BCUT2D eigenvalue weighted by molar-refractivity contribution is 6.22. The predicted molar refractivity (Wildman–Crippen MR) is 371 cm³/mol. The van der Waals surface area contributed by atoms with Crippen LogP contribution in [0.2, 0.25) is 0 Å². The molecular weight excluding hydrogens is 1140 g/mol. The van der Waals surface area contributed by atoms with Crippen LogP contribution in [0.3, 0.4) is 0 Å². The first-order valence-electron chi connectivity index (χ1n) is 27.9. The number of imide groups is 2. The molecule has 0 bridgehead atoms. The van der Waals surface area contributed by atoms with Gasteiger partial charge in [-0.3, -0.25) is 29.0 Å². The van der Waals surface area contributed by atoms with Crippen LogP contribution in [0.5, 0.6) is 46.0 Å². The molecule has 504 valence electrons. The van der Waals surface area contributed by atoms with E-state index in [0.717, 1.165) is 30.1 Å². The minimum Gasteiger partial charge on any atom is -0.508 e. The lowest BCUT2D eigenvalue weighted by Crippen LogP contribution is -2.30. The zero-order chi connectivity index (χ0) is 59.9. The van der Waals surface area contributed by atoms with E-state index in [0.29, 0.717) is 66.9 Å². The molecule has 8 unspecified atom stereocenters. The van der Waals surface area contributed by atoms with Crippen LogP contribution >= 0.6 is 0 Å². The monoisotopic (exact) mass is 1250 g/mol. The Labute approximate surface area is 542 Å². The molecule has 0 spiro atoms. The van der Waals surface area contributed by atoms with Gasteiger partial charge in [-0.05, 0) is 147 Å². The Morgan fingerprint density at radius 2 is 0.767 bits per heavy atom. The molecule has 90 heavy (non-hydrogen) atoms. The Morgan fingerprint density at radius 3 is 1.14 bits per heavy atom. The smallest absolute Gasteiger partial charge is 0.237 e. The average Bonchev–Trinajstić information content (AvgIpc) is 1.70. The molecular formula is C74H114N2O14. The molecule has 2 aliphatic heterocycles. The van der Waals surface area contributed by atoms with Crippen LogP contribution in [-0.4, -0.2) is 87.1 Å². The highest BCUT2D eigenvalue weighted by Crippen LogP contribution is 2.35. The number of carbonyl (C=O) groups excluding carboxylic acids is 4. The van der Waals surface area contributed by atoms with Crippen molar-refractivity contribution in [3.8, 4) is 46.0 Å². The number of anilines is 2. The molecule has 0 saturated carbocycles. The van der Waals surface area contributed by atoms with Crippen molar-refractivity contribution in [3.63, 3.8) is 0 Å². The highest BCUT2D eigenvalue weighted by Gasteiger charge is 2.44. The van der Waals surface area contributed by atoms with Crippen molar-refractivity contribution in [1.82, 2.24) is 0 Å². The van der Waals surface area contributed by atoms with Crippen LogP contribution in [0.1, 0.15) is 164 Å². The largest absolute Gasteiger partial charge is 0.508 e. The van der Waals surface area contributed by atoms with Gasteiger partial charge in [-0.2, -0.15) is 0 Å². The molecule has 6 aromatic rings. The zero-order valence-electron chi connectivity index (χ0n) is 49.4. The number of carbonyl (C=O) groups is 4. The van der Waals surface area contributed by atoms with E-state index in [1.807, 2.05) is 91.9 Å². The number of benzene rings is 6. The van der Waals surface area contributed by atoms with E-state index in [4.69, 9.17) is 43.0 Å². The van der Waals surface area contributed by atoms with Crippen molar-refractivity contribution in [2.24, 2.45) is 23.7 Å². The zero-order valence-corrected chi connectivity index (χ0v) is 49.4. The number of phenolic OH excluding ortho intramolecular Hbond substituents is 2. The summed E-state index contributed by atoms with van der Waals surface area (Å²) in [6.45, 7) is 21.1. The number of hydrogen-bond donors (Lipinski definition) is 2. The summed E-state index contributed by atoms with van der Waals surface area (Å²) in [7, 11) is 3.22. The van der Waals surface area contributed by atoms with Gasteiger partial charge in [0.05, 0.1) is 38.8 Å². The lowest BCUT2D eigenvalue weighted by Gasteiger charge is -2.19. The number of rotatable bonds is 22. The summed E-state index contributed by atoms with van der Waals surface area (Å²) in [5.41, 5.74) is 3.53. The summed E-state index contributed by atoms with van der Waals surface area (Å²) >= 11 is 0. The van der Waals surface area contributed by atoms with Gasteiger partial charge in [0, 0.05) is 23.7 Å². The molecule has 2 fully saturated rings. The van der Waals surface area contributed by atoms with Crippen LogP contribution in [0, 0.1) is 23.7 Å². The molecule has 2 saturated heterocycles. The molecule has 0 radical (unpaired) electrons. The summed E-state index contributed by atoms with van der Waals surface area (Å²) in [5, 5.41) is 18.5. The van der Waals surface area contributed by atoms with Crippen LogP contribution < -0.4 is 38.2 Å². The summed E-state index contributed by atoms with van der Waals surface area (Å²) < 4.78 is 44.5. The quantitative estimate of drug-likeness (QED) is 0.0371. The lowest BCUT2D eigenvalue weighted by atomic mass is 9.98. The Balaban J connectivity index is -0.000000551. The highest BCUT2D eigenvalue weighted by atomic mass is 16.7. The number of ether oxygens (including phenoxy) is 8. The minimum atomic E-state index is -0.458. The first-order valence-corrected chi connectivity index (χ1v) is 27.9. The molecule has 16 nitrogen and oxygen atoms in total. The number of amides is 4. The van der Waals surface area contributed by atoms with E-state index in [2.05, 4.69) is 33.8 Å². The number of para-hydroxylation sites is 2. The van der Waals surface area contributed by atoms with Crippen molar-refractivity contribution < 1.29 is 67.3 Å². The number of methoxy groups -OCH3 is 2. The van der Waals surface area contributed by atoms with Crippen molar-refractivity contribution >= 4 is 35.0 Å². The fourth-order valence-electron chi connectivity index (χ4n) is 8.45. The molecule has 2 heterocycles. The molecule has 0 aromatic heterocycles. The third-order valence-electron chi connectivity index (χ3n) is 14.4. The molecule has 8 atom stereocenters. The number of aromatic hydroxyl groups is 2. The number of phenols is 2. The van der Waals surface area contributed by atoms with Crippen LogP contribution in [0.15, 0.2) is 146 Å². The van der Waals surface area contributed by atoms with Crippen LogP contribution in [-0.2, 0) is 28.7 Å². The molecule has 4 amide bonds. The standard InChI is InChI=1S/C22H25NO5.C21H28O4.C12H13NO3.C11H16O2.8CH4/c1-15-16(2)22(25)23(21(15)24)18-9-11-20(12-10-18)28-17(3)26-13-14-27-19-7-5-4-6-8-19;1-5-16(2)18-11-12-20(21(15-18)22-4)25-17(3)23-13-14-24-19-9-7-6-8-10-19;1-7-8(2)12(16)13(11(7)15)9-3-5-10(14)6-4-9;1-4-8(2)9-5-6-10(12)11(7-9)13-3;;;;;;;;/h4-12,15-17H,13-14H2,1-3H3;6-12,15-17H,5,13-14H2,1-4H3;3-8,14H,1-2H3;5-8,12H,4H2,1-3H3;8*1H4. The van der Waals surface area contributed by atoms with Crippen molar-refractivity contribution in [2.45, 2.75) is 166 Å². The summed E-state index contributed by atoms with van der Waals surface area (Å²) in [5.74, 6) is 3.69. The van der Waals surface area contributed by atoms with Crippen LogP contribution in [0.4, 0.5) is 11.4 Å². The maximum absolute atomic E-state index is 12.3. The predicted octanol–water partition coefficient (Wildman–Crippen LogP) is 18.2. The fourth-order valence-corrected chi connectivity index (χ4v) is 8.45. The van der Waals surface area contributed by atoms with Gasteiger partial charge >= 0.3 is 0 Å². The Morgan fingerprint density at radius 1 is 0.411 bits per heavy atom. The molecule has 2 aliphatic rings. The molecule has 16 heteroatoms. The van der Waals surface area contributed by atoms with E-state index in [9.17, 15) is 24.3 Å². The van der Waals surface area contributed by atoms with Gasteiger partial charge in [0.15, 0.2) is 35.6 Å². The topological polar surface area (TPSA) is 189 Å². The molecule has 0 aliphatic carbocycles. The van der Waals surface area contributed by atoms with Gasteiger partial charge in [-0.15, -0.1) is 0 Å². The van der Waals surface area contributed by atoms with E-state index in [1.165, 1.54) is 33.1 Å². The Bertz CT molecular complexity index is 2880. The van der Waals surface area contributed by atoms with Crippen molar-refractivity contribution in [3.05, 3.63) is 157 Å². The molecule has 6 aromatic carbocycles.